The van der Waals surface area contributed by atoms with Crippen LogP contribution in [-0.2, 0) is 4.80 Å². The Morgan fingerprint density at radius 3 is 2.10 bits per heavy atom. The van der Waals surface area contributed by atoms with Gasteiger partial charge in [-0.3, -0.25) is 4.80 Å². The summed E-state index contributed by atoms with van der Waals surface area (Å²) < 4.78 is 0. The lowest BCUT2D eigenvalue weighted by atomic mass is 10.1. The molecule has 10 heavy (non-hydrogen) atoms. The van der Waals surface area contributed by atoms with Gasteiger partial charge in [-0.1, -0.05) is 26.7 Å². The first-order valence-electron chi connectivity index (χ1n) is 4.12. The van der Waals surface area contributed by atoms with E-state index in [1.54, 1.807) is 0 Å². The summed E-state index contributed by atoms with van der Waals surface area (Å²) in [6.45, 7) is 8.21. The van der Waals surface area contributed by atoms with E-state index in [9.17, 15) is 4.80 Å². The number of hydrogen-bond donors (Lipinski definition) is 0. The van der Waals surface area contributed by atoms with Crippen molar-refractivity contribution in [1.82, 2.24) is 0 Å². The van der Waals surface area contributed by atoms with Crippen molar-refractivity contribution in [2.75, 3.05) is 0 Å². The molecule has 0 unspecified atom stereocenters. The normalized spacial score (nSPS) is 12.6. The maximum atomic E-state index is 11.2. The van der Waals surface area contributed by atoms with Crippen LogP contribution in [0.2, 0.25) is 19.1 Å². The Bertz CT molecular complexity index is 83.7. The molecule has 0 amide bonds. The minimum absolute atomic E-state index is 0.761. The average Bonchev–Trinajstić information content (AvgIpc) is 1.59. The van der Waals surface area contributed by atoms with E-state index in [1.807, 2.05) is 13.1 Å². The third-order valence-electron chi connectivity index (χ3n) is 1.56. The van der Waals surface area contributed by atoms with Crippen LogP contribution in [0.5, 0.6) is 0 Å². The number of hydrogen-bond acceptors (Lipinski definition) is 0. The lowest BCUT2D eigenvalue weighted by Gasteiger charge is -2.11. The summed E-state index contributed by atoms with van der Waals surface area (Å²) in [4.78, 5) is 11.2. The van der Waals surface area contributed by atoms with Gasteiger partial charge in [-0.25, -0.2) is 0 Å². The fraction of sp³-hybridized carbons (Fsp3) is 1.00. The molecular formula is C8H19OSi. The Hall–Kier alpha value is 0.177. The molecule has 0 aromatic rings. The van der Waals surface area contributed by atoms with Crippen molar-refractivity contribution < 1.29 is 4.80 Å². The van der Waals surface area contributed by atoms with Crippen LogP contribution in [0, 0.1) is 5.92 Å². The van der Waals surface area contributed by atoms with Crippen LogP contribution in [0.15, 0.2) is 0 Å². The second kappa shape index (κ2) is 4.14. The van der Waals surface area contributed by atoms with E-state index >= 15 is 0 Å². The van der Waals surface area contributed by atoms with Gasteiger partial charge < -0.3 is 0 Å². The lowest BCUT2D eigenvalue weighted by molar-refractivity contribution is 0.421. The molecule has 0 fully saturated rings. The molecule has 0 saturated heterocycles. The smallest absolute Gasteiger partial charge is 0.231 e. The Labute approximate surface area is 65.6 Å². The zero-order chi connectivity index (χ0) is 8.20. The van der Waals surface area contributed by atoms with E-state index in [1.165, 1.54) is 6.42 Å². The largest absolute Gasteiger partial charge is 0.298 e. The summed E-state index contributed by atoms with van der Waals surface area (Å²) in [6, 6.07) is 0.950. The maximum absolute atomic E-state index is 11.2. The van der Waals surface area contributed by atoms with Gasteiger partial charge in [0.25, 0.3) is 0 Å². The lowest BCUT2D eigenvalue weighted by Crippen LogP contribution is -2.22. The summed E-state index contributed by atoms with van der Waals surface area (Å²) in [7, 11) is -1.97. The molecule has 0 aromatic heterocycles. The van der Waals surface area contributed by atoms with Crippen molar-refractivity contribution in [3.05, 3.63) is 0 Å². The summed E-state index contributed by atoms with van der Waals surface area (Å²) >= 11 is 0. The molecule has 0 atom stereocenters. The predicted octanol–water partition coefficient (Wildman–Crippen LogP) is 3.06. The first kappa shape index (κ1) is 10.2. The van der Waals surface area contributed by atoms with Crippen molar-refractivity contribution in [1.29, 1.82) is 0 Å². The zero-order valence-corrected chi connectivity index (χ0v) is 8.61. The van der Waals surface area contributed by atoms with Gasteiger partial charge in [-0.2, -0.15) is 0 Å². The molecule has 61 valence electrons. The van der Waals surface area contributed by atoms with Gasteiger partial charge in [0.2, 0.25) is 8.32 Å². The van der Waals surface area contributed by atoms with Crippen LogP contribution < -0.4 is 0 Å². The highest BCUT2D eigenvalue weighted by Crippen LogP contribution is 2.13. The van der Waals surface area contributed by atoms with Gasteiger partial charge in [0, 0.05) is 0 Å². The maximum Gasteiger partial charge on any atom is 0.231 e. The van der Waals surface area contributed by atoms with Gasteiger partial charge in [0.15, 0.2) is 0 Å². The van der Waals surface area contributed by atoms with Crippen molar-refractivity contribution >= 4 is 8.32 Å². The Morgan fingerprint density at radius 2 is 1.80 bits per heavy atom. The van der Waals surface area contributed by atoms with Crippen LogP contribution in [0.3, 0.4) is 0 Å². The monoisotopic (exact) mass is 159 g/mol. The van der Waals surface area contributed by atoms with E-state index < -0.39 is 8.32 Å². The summed E-state index contributed by atoms with van der Waals surface area (Å²) in [6.07, 6.45) is 2.36. The van der Waals surface area contributed by atoms with E-state index in [4.69, 9.17) is 0 Å². The van der Waals surface area contributed by atoms with Gasteiger partial charge >= 0.3 is 0 Å². The average molecular weight is 159 g/mol. The highest BCUT2D eigenvalue weighted by Gasteiger charge is 2.18. The quantitative estimate of drug-likeness (QED) is 0.562. The van der Waals surface area contributed by atoms with Crippen molar-refractivity contribution in [3.8, 4) is 0 Å². The van der Waals surface area contributed by atoms with Crippen LogP contribution in [0.1, 0.15) is 26.7 Å². The van der Waals surface area contributed by atoms with Crippen molar-refractivity contribution in [2.24, 2.45) is 5.92 Å². The van der Waals surface area contributed by atoms with Gasteiger partial charge in [-0.15, -0.1) is 0 Å². The van der Waals surface area contributed by atoms with E-state index in [0.29, 0.717) is 0 Å². The summed E-state index contributed by atoms with van der Waals surface area (Å²) in [5.41, 5.74) is 0. The van der Waals surface area contributed by atoms with Crippen LogP contribution in [-0.4, -0.2) is 8.32 Å². The zero-order valence-electron chi connectivity index (χ0n) is 7.61. The molecule has 2 heteroatoms. The molecule has 0 aliphatic rings. The first-order valence-corrected chi connectivity index (χ1v) is 7.24. The standard InChI is InChI=1S/C8H19OSi/c1-8(2)6-5-7-10(3,4)9/h8H,5-7H2,1-4H3. The fourth-order valence-corrected chi connectivity index (χ4v) is 1.99. The molecule has 0 spiro atoms. The Morgan fingerprint density at radius 1 is 1.30 bits per heavy atom. The summed E-state index contributed by atoms with van der Waals surface area (Å²) in [5.74, 6) is 0.761. The molecule has 0 rings (SSSR count). The van der Waals surface area contributed by atoms with Crippen LogP contribution in [0.25, 0.3) is 0 Å². The van der Waals surface area contributed by atoms with Crippen molar-refractivity contribution in [3.63, 3.8) is 0 Å². The first-order chi connectivity index (χ1) is 4.42. The van der Waals surface area contributed by atoms with Crippen molar-refractivity contribution in [2.45, 2.75) is 45.8 Å². The van der Waals surface area contributed by atoms with Crippen LogP contribution in [0.4, 0.5) is 0 Å². The molecule has 0 aliphatic carbocycles. The van der Waals surface area contributed by atoms with E-state index in [2.05, 4.69) is 13.8 Å². The molecule has 0 aromatic carbocycles. The van der Waals surface area contributed by atoms with E-state index in [-0.39, 0.29) is 0 Å². The molecule has 0 heterocycles. The molecule has 1 nitrogen and oxygen atoms in total. The molecular weight excluding hydrogens is 140 g/mol. The highest BCUT2D eigenvalue weighted by molar-refractivity contribution is 6.69. The summed E-state index contributed by atoms with van der Waals surface area (Å²) in [5, 5.41) is 0. The van der Waals surface area contributed by atoms with Gasteiger partial charge in [0.1, 0.15) is 0 Å². The predicted molar refractivity (Wildman–Crippen MR) is 47.0 cm³/mol. The topological polar surface area (TPSA) is 19.9 Å². The van der Waals surface area contributed by atoms with Gasteiger partial charge in [0.05, 0.1) is 0 Å². The fourth-order valence-electron chi connectivity index (χ4n) is 0.936. The van der Waals surface area contributed by atoms with E-state index in [0.717, 1.165) is 18.4 Å². The second-order valence-electron chi connectivity index (χ2n) is 4.05. The minimum Gasteiger partial charge on any atom is -0.298 e. The SMILES string of the molecule is CC(C)CCC[Si](C)(C)[O]. The third kappa shape index (κ3) is 8.18. The Balaban J connectivity index is 3.21. The van der Waals surface area contributed by atoms with Crippen LogP contribution >= 0.6 is 0 Å². The molecule has 0 bridgehead atoms. The molecule has 0 aliphatic heterocycles. The molecule has 0 saturated carbocycles. The second-order valence-corrected chi connectivity index (χ2v) is 8.07. The minimum atomic E-state index is -1.97. The molecule has 1 radical (unpaired) electrons. The number of rotatable bonds is 4. The Kier molecular flexibility index (Phi) is 4.21. The van der Waals surface area contributed by atoms with Gasteiger partial charge in [-0.05, 0) is 25.1 Å². The highest BCUT2D eigenvalue weighted by atomic mass is 28.4. The third-order valence-corrected chi connectivity index (χ3v) is 3.12. The molecule has 0 N–H and O–H groups in total.